The molecule has 0 fully saturated rings. The second-order valence-electron chi connectivity index (χ2n) is 5.31. The number of aryl methyl sites for hydroxylation is 4. The minimum absolute atomic E-state index is 0.0472. The summed E-state index contributed by atoms with van der Waals surface area (Å²) in [5.74, 6) is -1.47. The van der Waals surface area contributed by atoms with Gasteiger partial charge in [-0.2, -0.15) is 0 Å². The number of nitrogens with zero attached hydrogens (tertiary/aromatic N) is 1. The fraction of sp³-hybridized carbons (Fsp3) is 0.312. The molecule has 1 aromatic carbocycles. The summed E-state index contributed by atoms with van der Waals surface area (Å²) < 4.78 is 0. The number of carbonyl (C=O) groups excluding carboxylic acids is 2. The molecule has 1 aromatic heterocycles. The average Bonchev–Trinajstić information content (AvgIpc) is 2.74. The molecule has 0 aliphatic heterocycles. The van der Waals surface area contributed by atoms with Crippen molar-refractivity contribution in [1.29, 1.82) is 0 Å². The lowest BCUT2D eigenvalue weighted by atomic mass is 10.1. The number of rotatable bonds is 4. The summed E-state index contributed by atoms with van der Waals surface area (Å²) in [5, 5.41) is 14.2. The molecule has 2 aromatic rings. The maximum atomic E-state index is 12.2. The van der Waals surface area contributed by atoms with Crippen LogP contribution in [0.1, 0.15) is 37.1 Å². The molecule has 2 rings (SSSR count). The third-order valence-corrected chi connectivity index (χ3v) is 4.42. The van der Waals surface area contributed by atoms with Crippen LogP contribution in [0.5, 0.6) is 0 Å². The summed E-state index contributed by atoms with van der Waals surface area (Å²) in [6.07, 6.45) is 0.0472. The molecule has 6 heteroatoms. The Kier molecular flexibility index (Phi) is 4.61. The van der Waals surface area contributed by atoms with Crippen LogP contribution < -0.4 is 10.4 Å². The number of carbonyl (C=O) groups is 2. The smallest absolute Gasteiger partial charge is 0.231 e. The number of aromatic carboxylic acids is 1. The van der Waals surface area contributed by atoms with Crippen LogP contribution in [0, 0.1) is 27.7 Å². The zero-order valence-electron chi connectivity index (χ0n) is 12.9. The molecular formula is C16H17N2O3S-. The molecule has 1 N–H and O–H groups in total. The van der Waals surface area contributed by atoms with Gasteiger partial charge < -0.3 is 15.2 Å². The highest BCUT2D eigenvalue weighted by Gasteiger charge is 2.13. The average molecular weight is 317 g/mol. The number of carboxylic acids is 1. The number of carboxylic acid groups (broad SMARTS) is 1. The van der Waals surface area contributed by atoms with Crippen molar-refractivity contribution in [3.05, 3.63) is 44.4 Å². The van der Waals surface area contributed by atoms with Gasteiger partial charge in [-0.3, -0.25) is 4.79 Å². The van der Waals surface area contributed by atoms with E-state index < -0.39 is 5.97 Å². The Morgan fingerprint density at radius 3 is 2.27 bits per heavy atom. The number of anilines is 1. The number of hydrogen-bond acceptors (Lipinski definition) is 5. The predicted molar refractivity (Wildman–Crippen MR) is 84.2 cm³/mol. The lowest BCUT2D eigenvalue weighted by Gasteiger charge is -2.12. The number of hydrogen-bond donors (Lipinski definition) is 1. The standard InChI is InChI=1S/C16H18N2O3S/c1-8-5-9(2)14(10(3)6-8)18-12(19)7-13-17-11(4)15(22-13)16(20)21/h5-6H,7H2,1-4H3,(H,18,19)(H,20,21)/p-1. The summed E-state index contributed by atoms with van der Waals surface area (Å²) in [6.45, 7) is 7.48. The Balaban J connectivity index is 2.14. The van der Waals surface area contributed by atoms with Crippen molar-refractivity contribution >= 4 is 28.9 Å². The molecule has 0 atom stereocenters. The molecule has 1 heterocycles. The van der Waals surface area contributed by atoms with Crippen molar-refractivity contribution in [2.45, 2.75) is 34.1 Å². The van der Waals surface area contributed by atoms with Gasteiger partial charge in [0, 0.05) is 5.69 Å². The van der Waals surface area contributed by atoms with E-state index in [2.05, 4.69) is 10.3 Å². The van der Waals surface area contributed by atoms with Gasteiger partial charge in [-0.1, -0.05) is 17.7 Å². The van der Waals surface area contributed by atoms with Crippen molar-refractivity contribution in [1.82, 2.24) is 4.98 Å². The van der Waals surface area contributed by atoms with Gasteiger partial charge >= 0.3 is 0 Å². The first-order chi connectivity index (χ1) is 10.3. The van der Waals surface area contributed by atoms with Gasteiger partial charge in [-0.25, -0.2) is 4.98 Å². The van der Waals surface area contributed by atoms with Gasteiger partial charge in [0.1, 0.15) is 5.01 Å². The molecule has 0 bridgehead atoms. The van der Waals surface area contributed by atoms with Gasteiger partial charge in [-0.05, 0) is 38.8 Å². The summed E-state index contributed by atoms with van der Waals surface area (Å²) in [7, 11) is 0. The van der Waals surface area contributed by atoms with E-state index in [0.29, 0.717) is 10.7 Å². The maximum Gasteiger partial charge on any atom is 0.231 e. The first kappa shape index (κ1) is 16.2. The molecule has 0 spiro atoms. The quantitative estimate of drug-likeness (QED) is 0.934. The predicted octanol–water partition coefficient (Wildman–Crippen LogP) is 1.92. The number of aromatic nitrogens is 1. The van der Waals surface area contributed by atoms with Crippen molar-refractivity contribution in [3.63, 3.8) is 0 Å². The third kappa shape index (κ3) is 3.51. The van der Waals surface area contributed by atoms with Gasteiger partial charge in [0.15, 0.2) is 0 Å². The van der Waals surface area contributed by atoms with E-state index in [0.717, 1.165) is 33.7 Å². The van der Waals surface area contributed by atoms with Crippen molar-refractivity contribution < 1.29 is 14.7 Å². The number of nitrogens with one attached hydrogen (secondary N) is 1. The Morgan fingerprint density at radius 2 is 1.77 bits per heavy atom. The Labute approximate surface area is 133 Å². The molecular weight excluding hydrogens is 300 g/mol. The monoisotopic (exact) mass is 317 g/mol. The largest absolute Gasteiger partial charge is 0.544 e. The fourth-order valence-corrected chi connectivity index (χ4v) is 3.31. The number of benzene rings is 1. The van der Waals surface area contributed by atoms with E-state index >= 15 is 0 Å². The summed E-state index contributed by atoms with van der Waals surface area (Å²) >= 11 is 0.983. The minimum atomic E-state index is -1.26. The lowest BCUT2D eigenvalue weighted by molar-refractivity contribution is -0.254. The van der Waals surface area contributed by atoms with Crippen LogP contribution in [0.4, 0.5) is 5.69 Å². The van der Waals surface area contributed by atoms with Gasteiger partial charge in [0.05, 0.1) is 23.0 Å². The minimum Gasteiger partial charge on any atom is -0.544 e. The van der Waals surface area contributed by atoms with E-state index in [-0.39, 0.29) is 17.2 Å². The molecule has 0 saturated heterocycles. The van der Waals surface area contributed by atoms with Crippen LogP contribution >= 0.6 is 11.3 Å². The molecule has 1 amide bonds. The molecule has 0 aliphatic rings. The fourth-order valence-electron chi connectivity index (χ4n) is 2.42. The van der Waals surface area contributed by atoms with Gasteiger partial charge in [0.2, 0.25) is 5.91 Å². The van der Waals surface area contributed by atoms with Crippen LogP contribution in [0.15, 0.2) is 12.1 Å². The maximum absolute atomic E-state index is 12.2. The molecule has 0 saturated carbocycles. The van der Waals surface area contributed by atoms with E-state index in [1.54, 1.807) is 6.92 Å². The normalized spacial score (nSPS) is 10.5. The van der Waals surface area contributed by atoms with Crippen molar-refractivity contribution in [3.8, 4) is 0 Å². The molecule has 0 aliphatic carbocycles. The first-order valence-electron chi connectivity index (χ1n) is 6.83. The summed E-state index contributed by atoms with van der Waals surface area (Å²) in [4.78, 5) is 27.2. The zero-order chi connectivity index (χ0) is 16.4. The zero-order valence-corrected chi connectivity index (χ0v) is 13.8. The summed E-state index contributed by atoms with van der Waals surface area (Å²) in [6, 6.07) is 4.01. The number of thiazole rings is 1. The van der Waals surface area contributed by atoms with Crippen molar-refractivity contribution in [2.24, 2.45) is 0 Å². The highest BCUT2D eigenvalue weighted by Crippen LogP contribution is 2.23. The SMILES string of the molecule is Cc1cc(C)c(NC(=O)Cc2nc(C)c(C(=O)[O-])s2)c(C)c1. The molecule has 5 nitrogen and oxygen atoms in total. The molecule has 116 valence electrons. The van der Waals surface area contributed by atoms with Crippen molar-refractivity contribution in [2.75, 3.05) is 5.32 Å². The Morgan fingerprint density at radius 1 is 1.18 bits per heavy atom. The Bertz CT molecular complexity index is 727. The second-order valence-corrected chi connectivity index (χ2v) is 6.39. The van der Waals surface area contributed by atoms with E-state index in [1.807, 2.05) is 32.9 Å². The van der Waals surface area contributed by atoms with Crippen LogP contribution in [0.25, 0.3) is 0 Å². The molecule has 0 radical (unpaired) electrons. The third-order valence-electron chi connectivity index (χ3n) is 3.28. The van der Waals surface area contributed by atoms with Crippen LogP contribution in [-0.4, -0.2) is 16.9 Å². The van der Waals surface area contributed by atoms with Crippen LogP contribution in [0.3, 0.4) is 0 Å². The topological polar surface area (TPSA) is 82.1 Å². The second kappa shape index (κ2) is 6.27. The Hall–Kier alpha value is -2.21. The lowest BCUT2D eigenvalue weighted by Crippen LogP contribution is -2.21. The highest BCUT2D eigenvalue weighted by atomic mass is 32.1. The highest BCUT2D eigenvalue weighted by molar-refractivity contribution is 7.13. The number of amides is 1. The molecule has 22 heavy (non-hydrogen) atoms. The van der Waals surface area contributed by atoms with Gasteiger partial charge in [0.25, 0.3) is 0 Å². The van der Waals surface area contributed by atoms with E-state index in [9.17, 15) is 14.7 Å². The van der Waals surface area contributed by atoms with E-state index in [4.69, 9.17) is 0 Å². The van der Waals surface area contributed by atoms with Gasteiger partial charge in [-0.15, -0.1) is 11.3 Å². The van der Waals surface area contributed by atoms with Crippen LogP contribution in [-0.2, 0) is 11.2 Å². The molecule has 0 unspecified atom stereocenters. The first-order valence-corrected chi connectivity index (χ1v) is 7.65. The van der Waals surface area contributed by atoms with E-state index in [1.165, 1.54) is 0 Å². The summed E-state index contributed by atoms with van der Waals surface area (Å²) in [5.41, 5.74) is 4.31. The van der Waals surface area contributed by atoms with Crippen LogP contribution in [0.2, 0.25) is 0 Å².